The quantitative estimate of drug-likeness (QED) is 0.883. The Hall–Kier alpha value is -0.780. The van der Waals surface area contributed by atoms with E-state index in [1.165, 1.54) is 12.1 Å². The highest BCUT2D eigenvalue weighted by Crippen LogP contribution is 2.19. The molecule has 3 unspecified atom stereocenters. The van der Waals surface area contributed by atoms with Crippen LogP contribution in [0.1, 0.15) is 6.42 Å². The number of benzene rings is 1. The lowest BCUT2D eigenvalue weighted by Crippen LogP contribution is -2.38. The maximum absolute atomic E-state index is 12.8. The van der Waals surface area contributed by atoms with E-state index in [0.717, 1.165) is 19.6 Å². The minimum Gasteiger partial charge on any atom is -0.381 e. The van der Waals surface area contributed by atoms with Gasteiger partial charge in [-0.2, -0.15) is 0 Å². The molecule has 1 heterocycles. The Bertz CT molecular complexity index is 404. The average molecular weight is 271 g/mol. The minimum absolute atomic E-state index is 0.179. The summed E-state index contributed by atoms with van der Waals surface area (Å²) in [6, 6.07) is 6.05. The Morgan fingerprint density at radius 2 is 2.22 bits per heavy atom. The largest absolute Gasteiger partial charge is 0.381 e. The first-order chi connectivity index (χ1) is 8.70. The van der Waals surface area contributed by atoms with E-state index in [-0.39, 0.29) is 11.9 Å². The fraction of sp³-hybridized carbons (Fsp3) is 0.538. The molecule has 1 aliphatic heterocycles. The molecule has 1 N–H and O–H groups in total. The zero-order valence-electron chi connectivity index (χ0n) is 10.4. The molecule has 0 aliphatic carbocycles. The molecular weight excluding hydrogens is 253 g/mol. The topological polar surface area (TPSA) is 38.3 Å². The Labute approximate surface area is 109 Å². The molecule has 100 valence electrons. The molecule has 1 aromatic rings. The second-order valence-electron chi connectivity index (χ2n) is 4.48. The molecule has 0 bridgehead atoms. The van der Waals surface area contributed by atoms with Gasteiger partial charge in [-0.25, -0.2) is 4.39 Å². The summed E-state index contributed by atoms with van der Waals surface area (Å²) in [6.45, 7) is 1.51. The maximum Gasteiger partial charge on any atom is 0.123 e. The zero-order valence-corrected chi connectivity index (χ0v) is 11.2. The van der Waals surface area contributed by atoms with E-state index in [1.54, 1.807) is 12.1 Å². The third-order valence-electron chi connectivity index (χ3n) is 3.31. The lowest BCUT2D eigenvalue weighted by Gasteiger charge is -2.21. The smallest absolute Gasteiger partial charge is 0.123 e. The molecule has 0 spiro atoms. The highest BCUT2D eigenvalue weighted by molar-refractivity contribution is 7.85. The van der Waals surface area contributed by atoms with Crippen molar-refractivity contribution in [2.24, 2.45) is 5.92 Å². The molecule has 0 saturated carbocycles. The van der Waals surface area contributed by atoms with Gasteiger partial charge < -0.3 is 10.1 Å². The van der Waals surface area contributed by atoms with Crippen molar-refractivity contribution in [3.05, 3.63) is 30.1 Å². The third-order valence-corrected chi connectivity index (χ3v) is 4.77. The standard InChI is InChI=1S/C13H18FNO2S/c1-15-13(10-6-7-17-8-10)9-18(16)12-4-2-11(14)3-5-12/h2-5,10,13,15H,6-9H2,1H3. The van der Waals surface area contributed by atoms with Crippen molar-refractivity contribution in [3.8, 4) is 0 Å². The SMILES string of the molecule is CNC(CS(=O)c1ccc(F)cc1)C1CCOC1. The fourth-order valence-corrected chi connectivity index (χ4v) is 3.57. The van der Waals surface area contributed by atoms with Crippen LogP contribution in [0, 0.1) is 11.7 Å². The van der Waals surface area contributed by atoms with E-state index in [0.29, 0.717) is 16.6 Å². The second-order valence-corrected chi connectivity index (χ2v) is 5.98. The Morgan fingerprint density at radius 1 is 1.50 bits per heavy atom. The molecule has 1 saturated heterocycles. The van der Waals surface area contributed by atoms with Gasteiger partial charge in [0.05, 0.1) is 17.4 Å². The fourth-order valence-electron chi connectivity index (χ4n) is 2.17. The highest BCUT2D eigenvalue weighted by Gasteiger charge is 2.26. The van der Waals surface area contributed by atoms with E-state index in [4.69, 9.17) is 4.74 Å². The van der Waals surface area contributed by atoms with Gasteiger partial charge in [0.25, 0.3) is 0 Å². The van der Waals surface area contributed by atoms with Crippen molar-refractivity contribution >= 4 is 10.8 Å². The molecule has 0 amide bonds. The summed E-state index contributed by atoms with van der Waals surface area (Å²) in [7, 11) is 0.777. The first-order valence-electron chi connectivity index (χ1n) is 6.09. The first-order valence-corrected chi connectivity index (χ1v) is 7.41. The van der Waals surface area contributed by atoms with Gasteiger partial charge >= 0.3 is 0 Å². The molecule has 18 heavy (non-hydrogen) atoms. The van der Waals surface area contributed by atoms with Crippen molar-refractivity contribution in [2.75, 3.05) is 26.0 Å². The molecule has 0 radical (unpaired) electrons. The van der Waals surface area contributed by atoms with Crippen LogP contribution in [-0.2, 0) is 15.5 Å². The van der Waals surface area contributed by atoms with Gasteiger partial charge in [0.15, 0.2) is 0 Å². The molecular formula is C13H18FNO2S. The van der Waals surface area contributed by atoms with Crippen molar-refractivity contribution < 1.29 is 13.3 Å². The van der Waals surface area contributed by atoms with Gasteiger partial charge in [0.1, 0.15) is 5.82 Å². The van der Waals surface area contributed by atoms with Gasteiger partial charge in [-0.15, -0.1) is 0 Å². The molecule has 2 rings (SSSR count). The summed E-state index contributed by atoms with van der Waals surface area (Å²) in [5.74, 6) is 0.653. The number of hydrogen-bond acceptors (Lipinski definition) is 3. The van der Waals surface area contributed by atoms with Crippen LogP contribution in [0.25, 0.3) is 0 Å². The second kappa shape index (κ2) is 6.41. The molecule has 5 heteroatoms. The summed E-state index contributed by atoms with van der Waals surface area (Å²) in [4.78, 5) is 0.676. The number of hydrogen-bond donors (Lipinski definition) is 1. The number of halogens is 1. The van der Waals surface area contributed by atoms with Crippen LogP contribution in [0.15, 0.2) is 29.2 Å². The van der Waals surface area contributed by atoms with E-state index in [2.05, 4.69) is 5.32 Å². The van der Waals surface area contributed by atoms with Crippen molar-refractivity contribution in [1.29, 1.82) is 0 Å². The van der Waals surface area contributed by atoms with E-state index < -0.39 is 10.8 Å². The van der Waals surface area contributed by atoms with E-state index in [9.17, 15) is 8.60 Å². The van der Waals surface area contributed by atoms with Crippen LogP contribution in [0.2, 0.25) is 0 Å². The number of rotatable bonds is 5. The lowest BCUT2D eigenvalue weighted by molar-refractivity contribution is 0.179. The number of ether oxygens (including phenoxy) is 1. The van der Waals surface area contributed by atoms with Crippen molar-refractivity contribution in [1.82, 2.24) is 5.32 Å². The van der Waals surface area contributed by atoms with Crippen LogP contribution in [0.4, 0.5) is 4.39 Å². The van der Waals surface area contributed by atoms with Gasteiger partial charge in [-0.3, -0.25) is 4.21 Å². The predicted molar refractivity (Wildman–Crippen MR) is 69.4 cm³/mol. The van der Waals surface area contributed by atoms with Crippen LogP contribution < -0.4 is 5.32 Å². The summed E-state index contributed by atoms with van der Waals surface area (Å²) < 4.78 is 30.3. The normalized spacial score (nSPS) is 22.9. The highest BCUT2D eigenvalue weighted by atomic mass is 32.2. The molecule has 1 aliphatic rings. The van der Waals surface area contributed by atoms with E-state index >= 15 is 0 Å². The number of nitrogens with one attached hydrogen (secondary N) is 1. The molecule has 3 atom stereocenters. The van der Waals surface area contributed by atoms with Gasteiger partial charge in [-0.05, 0) is 37.7 Å². The van der Waals surface area contributed by atoms with Crippen LogP contribution in [-0.4, -0.2) is 36.3 Å². The van der Waals surface area contributed by atoms with Crippen molar-refractivity contribution in [3.63, 3.8) is 0 Å². The predicted octanol–water partition coefficient (Wildman–Crippen LogP) is 1.56. The monoisotopic (exact) mass is 271 g/mol. The average Bonchev–Trinajstić information content (AvgIpc) is 2.90. The van der Waals surface area contributed by atoms with Gasteiger partial charge in [0, 0.05) is 29.2 Å². The Kier molecular flexibility index (Phi) is 4.86. The molecule has 1 aromatic carbocycles. The third kappa shape index (κ3) is 3.37. The van der Waals surface area contributed by atoms with E-state index in [1.807, 2.05) is 7.05 Å². The van der Waals surface area contributed by atoms with Gasteiger partial charge in [0.2, 0.25) is 0 Å². The van der Waals surface area contributed by atoms with Crippen LogP contribution >= 0.6 is 0 Å². The van der Waals surface area contributed by atoms with Crippen LogP contribution in [0.3, 0.4) is 0 Å². The summed E-state index contributed by atoms with van der Waals surface area (Å²) in [6.07, 6.45) is 1.01. The molecule has 3 nitrogen and oxygen atoms in total. The minimum atomic E-state index is -1.10. The first kappa shape index (κ1) is 13.6. The van der Waals surface area contributed by atoms with Crippen molar-refractivity contribution in [2.45, 2.75) is 17.4 Å². The Balaban J connectivity index is 1.98. The zero-order chi connectivity index (χ0) is 13.0. The van der Waals surface area contributed by atoms with Gasteiger partial charge in [-0.1, -0.05) is 0 Å². The Morgan fingerprint density at radius 3 is 2.78 bits per heavy atom. The summed E-state index contributed by atoms with van der Waals surface area (Å²) in [5, 5.41) is 3.21. The summed E-state index contributed by atoms with van der Waals surface area (Å²) >= 11 is 0. The molecule has 0 aromatic heterocycles. The van der Waals surface area contributed by atoms with Crippen LogP contribution in [0.5, 0.6) is 0 Å². The summed E-state index contributed by atoms with van der Waals surface area (Å²) in [5.41, 5.74) is 0. The lowest BCUT2D eigenvalue weighted by atomic mass is 10.0. The maximum atomic E-state index is 12.8. The molecule has 1 fully saturated rings.